The molecule has 1 aliphatic heterocycles. The van der Waals surface area contributed by atoms with Crippen molar-refractivity contribution < 1.29 is 18.0 Å². The molecule has 0 radical (unpaired) electrons. The molecule has 0 bridgehead atoms. The predicted molar refractivity (Wildman–Crippen MR) is 119 cm³/mol. The fourth-order valence-corrected chi connectivity index (χ4v) is 3.88. The quantitative estimate of drug-likeness (QED) is 0.564. The summed E-state index contributed by atoms with van der Waals surface area (Å²) in [5, 5.41) is 25.6. The van der Waals surface area contributed by atoms with Crippen LogP contribution in [-0.2, 0) is 12.7 Å². The highest BCUT2D eigenvalue weighted by molar-refractivity contribution is 6.33. The predicted octanol–water partition coefficient (Wildman–Crippen LogP) is 3.11. The van der Waals surface area contributed by atoms with Crippen molar-refractivity contribution in [3.63, 3.8) is 0 Å². The molecule has 1 aromatic carbocycles. The van der Waals surface area contributed by atoms with Crippen molar-refractivity contribution in [1.82, 2.24) is 30.5 Å². The van der Waals surface area contributed by atoms with Crippen molar-refractivity contribution >= 4 is 29.0 Å². The number of carbonyl (C=O) groups is 1. The van der Waals surface area contributed by atoms with Crippen LogP contribution < -0.4 is 15.3 Å². The highest BCUT2D eigenvalue weighted by atomic mass is 35.5. The number of nitrogens with zero attached hydrogens (tertiary/aromatic N) is 8. The number of alkyl halides is 3. The number of hydrogen-bond donors (Lipinski definition) is 1. The van der Waals surface area contributed by atoms with Gasteiger partial charge in [0.2, 0.25) is 0 Å². The zero-order valence-corrected chi connectivity index (χ0v) is 19.1. The molecule has 0 unspecified atom stereocenters. The Bertz CT molecular complexity index is 1360. The lowest BCUT2D eigenvalue weighted by molar-refractivity contribution is -0.145. The molecule has 35 heavy (non-hydrogen) atoms. The number of benzene rings is 1. The number of rotatable bonds is 5. The summed E-state index contributed by atoms with van der Waals surface area (Å²) in [6.07, 6.45) is -1.48. The Kier molecular flexibility index (Phi) is 6.31. The van der Waals surface area contributed by atoms with E-state index in [9.17, 15) is 23.2 Å². The van der Waals surface area contributed by atoms with E-state index < -0.39 is 17.9 Å². The molecule has 4 rings (SSSR count). The summed E-state index contributed by atoms with van der Waals surface area (Å²) in [4.78, 5) is 18.0. The van der Waals surface area contributed by atoms with Gasteiger partial charge in [0.1, 0.15) is 6.54 Å². The zero-order chi connectivity index (χ0) is 25.3. The molecular weight excluding hydrogens is 487 g/mol. The second-order valence-corrected chi connectivity index (χ2v) is 7.83. The Morgan fingerprint density at radius 3 is 2.74 bits per heavy atom. The fraction of sp³-hybridized carbons (Fsp3) is 0.238. The molecule has 10 nitrogen and oxygen atoms in total. The van der Waals surface area contributed by atoms with Crippen LogP contribution in [0.4, 0.5) is 24.7 Å². The Hall–Kier alpha value is -4.18. The van der Waals surface area contributed by atoms with E-state index in [-0.39, 0.29) is 24.2 Å². The lowest BCUT2D eigenvalue weighted by Gasteiger charge is -2.35. The molecule has 1 aliphatic rings. The largest absolute Gasteiger partial charge is 0.455 e. The van der Waals surface area contributed by atoms with Gasteiger partial charge in [0.15, 0.2) is 5.82 Å². The van der Waals surface area contributed by atoms with Crippen LogP contribution in [0.15, 0.2) is 42.2 Å². The minimum absolute atomic E-state index is 0.177. The fourth-order valence-electron chi connectivity index (χ4n) is 3.66. The van der Waals surface area contributed by atoms with E-state index in [1.807, 2.05) is 6.07 Å². The number of anilines is 2. The first-order valence-electron chi connectivity index (χ1n) is 10.1. The number of allylic oxidation sites excluding steroid dienone is 1. The number of hydrogen-bond acceptors (Lipinski definition) is 8. The van der Waals surface area contributed by atoms with Crippen molar-refractivity contribution in [3.8, 4) is 6.07 Å². The first kappa shape index (κ1) is 24.0. The number of pyridine rings is 1. The van der Waals surface area contributed by atoms with Crippen molar-refractivity contribution in [2.75, 3.05) is 23.6 Å². The van der Waals surface area contributed by atoms with Crippen LogP contribution in [0.5, 0.6) is 0 Å². The van der Waals surface area contributed by atoms with Gasteiger partial charge in [0.25, 0.3) is 11.7 Å². The van der Waals surface area contributed by atoms with Crippen LogP contribution >= 0.6 is 11.6 Å². The molecule has 3 aromatic rings. The van der Waals surface area contributed by atoms with E-state index in [2.05, 4.69) is 25.7 Å². The summed E-state index contributed by atoms with van der Waals surface area (Å²) in [5.41, 5.74) is 1.84. The smallest absolute Gasteiger partial charge is 0.355 e. The summed E-state index contributed by atoms with van der Waals surface area (Å²) in [7, 11) is 1.45. The molecular formula is C21H17ClF3N9O. The normalized spacial score (nSPS) is 13.6. The number of hydrazine groups is 1. The average Bonchev–Trinajstić information content (AvgIpc) is 3.46. The van der Waals surface area contributed by atoms with Gasteiger partial charge in [-0.05, 0) is 48.0 Å². The van der Waals surface area contributed by atoms with Gasteiger partial charge in [0, 0.05) is 13.2 Å². The maximum atomic E-state index is 13.0. The maximum Gasteiger partial charge on any atom is 0.455 e. The standard InChI is InChI=1S/C21H17ClF3N9O/c1-12-8-13(10-26)9-15(19(35)27-2)17(12)34-14(11-33-30-20(29-31-33)21(23,24)25)5-7-32(34)18-16(22)4-3-6-28-18/h3-6,8-9H,7,11H2,1-2H3,(H,27,35). The van der Waals surface area contributed by atoms with Gasteiger partial charge in [-0.15, -0.1) is 10.2 Å². The molecule has 14 heteroatoms. The van der Waals surface area contributed by atoms with Gasteiger partial charge in [-0.2, -0.15) is 23.2 Å². The van der Waals surface area contributed by atoms with Gasteiger partial charge in [-0.1, -0.05) is 11.6 Å². The van der Waals surface area contributed by atoms with Crippen molar-refractivity contribution in [1.29, 1.82) is 5.26 Å². The van der Waals surface area contributed by atoms with Crippen LogP contribution in [0, 0.1) is 18.3 Å². The maximum absolute atomic E-state index is 13.0. The monoisotopic (exact) mass is 503 g/mol. The van der Waals surface area contributed by atoms with E-state index >= 15 is 0 Å². The van der Waals surface area contributed by atoms with Gasteiger partial charge in [-0.25, -0.2) is 4.98 Å². The second-order valence-electron chi connectivity index (χ2n) is 7.42. The number of halogens is 4. The lowest BCUT2D eigenvalue weighted by atomic mass is 10.0. The number of aryl methyl sites for hydroxylation is 1. The van der Waals surface area contributed by atoms with Crippen molar-refractivity contribution in [2.45, 2.75) is 19.6 Å². The number of carbonyl (C=O) groups excluding carboxylic acids is 1. The minimum Gasteiger partial charge on any atom is -0.355 e. The molecule has 2 aromatic heterocycles. The molecule has 0 atom stereocenters. The summed E-state index contributed by atoms with van der Waals surface area (Å²) in [5.74, 6) is -1.47. The Labute approximate surface area is 202 Å². The Balaban J connectivity index is 1.85. The summed E-state index contributed by atoms with van der Waals surface area (Å²) in [6, 6.07) is 8.36. The van der Waals surface area contributed by atoms with Crippen LogP contribution in [0.1, 0.15) is 27.3 Å². The van der Waals surface area contributed by atoms with E-state index in [0.717, 1.165) is 4.80 Å². The van der Waals surface area contributed by atoms with Gasteiger partial charge < -0.3 is 5.32 Å². The van der Waals surface area contributed by atoms with Crippen molar-refractivity contribution in [3.05, 3.63) is 69.8 Å². The summed E-state index contributed by atoms with van der Waals surface area (Å²) < 4.78 is 39.0. The zero-order valence-electron chi connectivity index (χ0n) is 18.4. The van der Waals surface area contributed by atoms with Crippen molar-refractivity contribution in [2.24, 2.45) is 0 Å². The molecule has 0 fully saturated rings. The lowest BCUT2D eigenvalue weighted by Crippen LogP contribution is -2.41. The third kappa shape index (κ3) is 4.60. The number of nitriles is 1. The van der Waals surface area contributed by atoms with Crippen LogP contribution in [0.2, 0.25) is 5.02 Å². The average molecular weight is 504 g/mol. The van der Waals surface area contributed by atoms with Crippen LogP contribution in [0.25, 0.3) is 0 Å². The van der Waals surface area contributed by atoms with Gasteiger partial charge in [-0.3, -0.25) is 14.8 Å². The molecule has 0 saturated heterocycles. The molecule has 0 aliphatic carbocycles. The summed E-state index contributed by atoms with van der Waals surface area (Å²) in [6.45, 7) is 1.75. The van der Waals surface area contributed by atoms with Gasteiger partial charge >= 0.3 is 6.18 Å². The van der Waals surface area contributed by atoms with Crippen LogP contribution in [-0.4, -0.2) is 44.7 Å². The van der Waals surface area contributed by atoms with E-state index in [1.54, 1.807) is 41.2 Å². The number of nitrogens with one attached hydrogen (secondary N) is 1. The van der Waals surface area contributed by atoms with E-state index in [0.29, 0.717) is 27.8 Å². The second kappa shape index (κ2) is 9.22. The highest BCUT2D eigenvalue weighted by Gasteiger charge is 2.38. The highest BCUT2D eigenvalue weighted by Crippen LogP contribution is 2.38. The first-order chi connectivity index (χ1) is 16.6. The molecule has 3 heterocycles. The number of aromatic nitrogens is 5. The van der Waals surface area contributed by atoms with E-state index in [1.165, 1.54) is 19.3 Å². The first-order valence-corrected chi connectivity index (χ1v) is 10.5. The Morgan fingerprint density at radius 2 is 2.11 bits per heavy atom. The number of amides is 1. The third-order valence-electron chi connectivity index (χ3n) is 5.12. The Morgan fingerprint density at radius 1 is 1.34 bits per heavy atom. The SMILES string of the molecule is CNC(=O)c1cc(C#N)cc(C)c1N1C(Cn2nnc(C(F)(F)F)n2)=CCN1c1ncccc1Cl. The molecule has 1 amide bonds. The third-order valence-corrected chi connectivity index (χ3v) is 5.41. The number of tetrazole rings is 1. The summed E-state index contributed by atoms with van der Waals surface area (Å²) >= 11 is 6.39. The van der Waals surface area contributed by atoms with Crippen LogP contribution in [0.3, 0.4) is 0 Å². The molecule has 1 N–H and O–H groups in total. The van der Waals surface area contributed by atoms with E-state index in [4.69, 9.17) is 11.6 Å². The van der Waals surface area contributed by atoms with Gasteiger partial charge in [0.05, 0.1) is 40.1 Å². The molecule has 0 saturated carbocycles. The molecule has 0 spiro atoms. The topological polar surface area (TPSA) is 116 Å². The molecule has 180 valence electrons. The minimum atomic E-state index is -4.74.